The molecule has 1 atom stereocenters. The Hall–Kier alpha value is -1.10. The molecule has 2 N–H and O–H groups in total. The summed E-state index contributed by atoms with van der Waals surface area (Å²) in [4.78, 5) is 12.3. The quantitative estimate of drug-likeness (QED) is 0.785. The van der Waals surface area contributed by atoms with Gasteiger partial charge >= 0.3 is 5.69 Å². The Labute approximate surface area is 94.7 Å². The maximum absolute atomic E-state index is 11.8. The fraction of sp³-hybridized carbons (Fsp3) is 0.600. The number of hydrogen-bond acceptors (Lipinski definition) is 2. The van der Waals surface area contributed by atoms with Gasteiger partial charge in [-0.25, -0.2) is 4.79 Å². The summed E-state index contributed by atoms with van der Waals surface area (Å²) in [5.74, 6) is 0.0423. The van der Waals surface area contributed by atoms with Crippen LogP contribution in [0.4, 0.5) is 0 Å². The van der Waals surface area contributed by atoms with E-state index in [1.54, 1.807) is 21.5 Å². The van der Waals surface area contributed by atoms with E-state index in [1.165, 1.54) is 0 Å². The normalized spacial score (nSPS) is 13.1. The average Bonchev–Trinajstić information content (AvgIpc) is 2.48. The maximum atomic E-state index is 11.8. The van der Waals surface area contributed by atoms with E-state index < -0.39 is 0 Å². The maximum Gasteiger partial charge on any atom is 0.328 e. The van der Waals surface area contributed by atoms with Crippen molar-refractivity contribution in [3.8, 4) is 0 Å². The topological polar surface area (TPSA) is 53.0 Å². The lowest BCUT2D eigenvalue weighted by Gasteiger charge is -2.09. The zero-order chi connectivity index (χ0) is 11.6. The van der Waals surface area contributed by atoms with Crippen LogP contribution in [0.2, 0.25) is 0 Å². The number of imidazole rings is 1. The molecule has 1 heterocycles. The SMILES string of the molecule is CC(Cn1ccn(C(C)C)c1=O)C(N)=S. The van der Waals surface area contributed by atoms with Gasteiger partial charge in [-0.05, 0) is 13.8 Å². The van der Waals surface area contributed by atoms with Crippen molar-refractivity contribution in [2.75, 3.05) is 0 Å². The van der Waals surface area contributed by atoms with E-state index in [2.05, 4.69) is 0 Å². The molecule has 0 amide bonds. The van der Waals surface area contributed by atoms with Crippen molar-refractivity contribution in [2.24, 2.45) is 11.7 Å². The molecule has 1 unspecified atom stereocenters. The Morgan fingerprint density at radius 3 is 2.47 bits per heavy atom. The molecule has 4 nitrogen and oxygen atoms in total. The summed E-state index contributed by atoms with van der Waals surface area (Å²) >= 11 is 4.87. The molecule has 0 saturated heterocycles. The van der Waals surface area contributed by atoms with Crippen molar-refractivity contribution in [1.82, 2.24) is 9.13 Å². The zero-order valence-electron chi connectivity index (χ0n) is 9.30. The largest absolute Gasteiger partial charge is 0.393 e. The van der Waals surface area contributed by atoms with Gasteiger partial charge in [-0.2, -0.15) is 0 Å². The van der Waals surface area contributed by atoms with Gasteiger partial charge in [0.1, 0.15) is 0 Å². The molecule has 1 aromatic rings. The number of hydrogen-bond donors (Lipinski definition) is 1. The highest BCUT2D eigenvalue weighted by molar-refractivity contribution is 7.80. The van der Waals surface area contributed by atoms with Gasteiger partial charge in [0, 0.05) is 30.9 Å². The molecular weight excluding hydrogens is 210 g/mol. The van der Waals surface area contributed by atoms with Crippen LogP contribution in [0.5, 0.6) is 0 Å². The Balaban J connectivity index is 2.89. The highest BCUT2D eigenvalue weighted by atomic mass is 32.1. The van der Waals surface area contributed by atoms with E-state index >= 15 is 0 Å². The predicted molar refractivity (Wildman–Crippen MR) is 65.0 cm³/mol. The van der Waals surface area contributed by atoms with Gasteiger partial charge in [-0.1, -0.05) is 19.1 Å². The number of nitrogens with two attached hydrogens (primary N) is 1. The highest BCUT2D eigenvalue weighted by Crippen LogP contribution is 2.02. The fourth-order valence-electron chi connectivity index (χ4n) is 1.35. The van der Waals surface area contributed by atoms with Crippen LogP contribution in [0, 0.1) is 5.92 Å². The van der Waals surface area contributed by atoms with Gasteiger partial charge in [0.2, 0.25) is 0 Å². The molecule has 84 valence electrons. The van der Waals surface area contributed by atoms with Crippen LogP contribution < -0.4 is 11.4 Å². The predicted octanol–water partition coefficient (Wildman–Crippen LogP) is 1.15. The van der Waals surface area contributed by atoms with E-state index in [4.69, 9.17) is 18.0 Å². The number of rotatable bonds is 4. The average molecular weight is 227 g/mol. The van der Waals surface area contributed by atoms with Crippen molar-refractivity contribution in [2.45, 2.75) is 33.4 Å². The van der Waals surface area contributed by atoms with Crippen LogP contribution in [-0.2, 0) is 6.54 Å². The first-order valence-electron chi connectivity index (χ1n) is 5.00. The van der Waals surface area contributed by atoms with E-state index in [0.717, 1.165) is 0 Å². The molecular formula is C10H17N3OS. The van der Waals surface area contributed by atoms with Gasteiger partial charge < -0.3 is 5.73 Å². The minimum Gasteiger partial charge on any atom is -0.393 e. The Morgan fingerprint density at radius 2 is 2.07 bits per heavy atom. The lowest BCUT2D eigenvalue weighted by Crippen LogP contribution is -2.30. The van der Waals surface area contributed by atoms with Crippen molar-refractivity contribution in [1.29, 1.82) is 0 Å². The zero-order valence-corrected chi connectivity index (χ0v) is 10.1. The van der Waals surface area contributed by atoms with Gasteiger partial charge in [0.05, 0.1) is 4.99 Å². The van der Waals surface area contributed by atoms with Crippen LogP contribution in [0.25, 0.3) is 0 Å². The summed E-state index contributed by atoms with van der Waals surface area (Å²) in [6, 6.07) is 0.180. The minimum atomic E-state index is -0.00639. The Morgan fingerprint density at radius 1 is 1.47 bits per heavy atom. The second-order valence-corrected chi connectivity index (χ2v) is 4.51. The standard InChI is InChI=1S/C10H17N3OS/c1-7(2)13-5-4-12(10(13)14)6-8(3)9(11)15/h4-5,7-8H,6H2,1-3H3,(H2,11,15). The van der Waals surface area contributed by atoms with Gasteiger partial charge in [-0.3, -0.25) is 9.13 Å². The summed E-state index contributed by atoms with van der Waals surface area (Å²) < 4.78 is 3.33. The van der Waals surface area contributed by atoms with Crippen LogP contribution >= 0.6 is 12.2 Å². The molecule has 0 aliphatic heterocycles. The molecule has 0 bridgehead atoms. The van der Waals surface area contributed by atoms with Crippen molar-refractivity contribution >= 4 is 17.2 Å². The molecule has 0 fully saturated rings. The lowest BCUT2D eigenvalue weighted by atomic mass is 10.2. The molecule has 0 spiro atoms. The molecule has 0 radical (unpaired) electrons. The summed E-state index contributed by atoms with van der Waals surface area (Å²) in [5.41, 5.74) is 5.50. The second kappa shape index (κ2) is 4.61. The van der Waals surface area contributed by atoms with Crippen molar-refractivity contribution < 1.29 is 0 Å². The molecule has 1 aromatic heterocycles. The lowest BCUT2D eigenvalue weighted by molar-refractivity contribution is 0.527. The van der Waals surface area contributed by atoms with E-state index in [9.17, 15) is 4.79 Å². The van der Waals surface area contributed by atoms with Crippen molar-refractivity contribution in [3.63, 3.8) is 0 Å². The van der Waals surface area contributed by atoms with E-state index in [-0.39, 0.29) is 17.6 Å². The first-order chi connectivity index (χ1) is 6.93. The third-order valence-corrected chi connectivity index (χ3v) is 2.79. The number of aromatic nitrogens is 2. The summed E-state index contributed by atoms with van der Waals surface area (Å²) in [6.45, 7) is 6.42. The van der Waals surface area contributed by atoms with E-state index in [0.29, 0.717) is 11.5 Å². The fourth-order valence-corrected chi connectivity index (χ4v) is 1.42. The smallest absolute Gasteiger partial charge is 0.328 e. The Bertz CT molecular complexity index is 405. The van der Waals surface area contributed by atoms with Gasteiger partial charge in [0.15, 0.2) is 0 Å². The Kier molecular flexibility index (Phi) is 3.68. The third-order valence-electron chi connectivity index (χ3n) is 2.39. The first kappa shape index (κ1) is 12.0. The number of nitrogens with zero attached hydrogens (tertiary/aromatic N) is 2. The second-order valence-electron chi connectivity index (χ2n) is 4.04. The first-order valence-corrected chi connectivity index (χ1v) is 5.41. The van der Waals surface area contributed by atoms with Crippen LogP contribution in [0.3, 0.4) is 0 Å². The number of thiocarbonyl (C=S) groups is 1. The summed E-state index contributed by atoms with van der Waals surface area (Å²) in [7, 11) is 0. The molecule has 0 aliphatic rings. The monoisotopic (exact) mass is 227 g/mol. The molecule has 5 heteroatoms. The van der Waals surface area contributed by atoms with Crippen LogP contribution in [-0.4, -0.2) is 14.1 Å². The summed E-state index contributed by atoms with van der Waals surface area (Å²) in [5, 5.41) is 0. The summed E-state index contributed by atoms with van der Waals surface area (Å²) in [6.07, 6.45) is 3.57. The minimum absolute atomic E-state index is 0.00639. The highest BCUT2D eigenvalue weighted by Gasteiger charge is 2.10. The van der Waals surface area contributed by atoms with E-state index in [1.807, 2.05) is 20.8 Å². The molecule has 0 aromatic carbocycles. The third kappa shape index (κ3) is 2.68. The molecule has 15 heavy (non-hydrogen) atoms. The van der Waals surface area contributed by atoms with Crippen LogP contribution in [0.15, 0.2) is 17.2 Å². The molecule has 0 aliphatic carbocycles. The molecule has 0 saturated carbocycles. The van der Waals surface area contributed by atoms with Gasteiger partial charge in [0.25, 0.3) is 0 Å². The van der Waals surface area contributed by atoms with Crippen molar-refractivity contribution in [3.05, 3.63) is 22.9 Å². The molecule has 1 rings (SSSR count). The van der Waals surface area contributed by atoms with Crippen LogP contribution in [0.1, 0.15) is 26.8 Å². The van der Waals surface area contributed by atoms with Gasteiger partial charge in [-0.15, -0.1) is 0 Å².